The summed E-state index contributed by atoms with van der Waals surface area (Å²) in [6.07, 6.45) is -0.701. The van der Waals surface area contributed by atoms with Gasteiger partial charge in [0.05, 0.1) is 22.0 Å². The van der Waals surface area contributed by atoms with Crippen LogP contribution in [0.5, 0.6) is 5.75 Å². The number of hydrogen-bond acceptors (Lipinski definition) is 3. The molecule has 1 atom stereocenters. The maximum absolute atomic E-state index is 13.8. The van der Waals surface area contributed by atoms with E-state index in [9.17, 15) is 9.50 Å². The highest BCUT2D eigenvalue weighted by atomic mass is 79.9. The molecule has 1 aromatic heterocycles. The van der Waals surface area contributed by atoms with Gasteiger partial charge < -0.3 is 9.84 Å². The summed E-state index contributed by atoms with van der Waals surface area (Å²) in [5.41, 5.74) is 2.21. The monoisotopic (exact) mass is 342 g/mol. The van der Waals surface area contributed by atoms with Gasteiger partial charge in [-0.1, -0.05) is 6.07 Å². The van der Waals surface area contributed by atoms with E-state index in [0.29, 0.717) is 5.56 Å². The Kier molecular flexibility index (Phi) is 4.45. The number of rotatable bonds is 4. The average Bonchev–Trinajstić information content (AvgIpc) is 2.62. The van der Waals surface area contributed by atoms with Gasteiger partial charge in [0.1, 0.15) is 6.61 Å². The number of benzene rings is 1. The number of hydrogen-bond donors (Lipinski definition) is 1. The molecule has 1 aromatic carbocycles. The summed E-state index contributed by atoms with van der Waals surface area (Å²) >= 11 is 3.43. The number of aliphatic hydroxyl groups is 1. The smallest absolute Gasteiger partial charge is 0.165 e. The van der Waals surface area contributed by atoms with E-state index in [1.54, 1.807) is 17.7 Å². The summed E-state index contributed by atoms with van der Waals surface area (Å²) < 4.78 is 21.9. The Morgan fingerprint density at radius 1 is 1.50 bits per heavy atom. The van der Waals surface area contributed by atoms with Crippen molar-refractivity contribution < 1.29 is 14.2 Å². The van der Waals surface area contributed by atoms with Gasteiger partial charge in [0, 0.05) is 7.05 Å². The van der Waals surface area contributed by atoms with E-state index < -0.39 is 11.9 Å². The molecule has 0 aliphatic rings. The fourth-order valence-electron chi connectivity index (χ4n) is 1.88. The van der Waals surface area contributed by atoms with Crippen LogP contribution >= 0.6 is 15.9 Å². The molecule has 0 saturated heterocycles. The number of aryl methyl sites for hydroxylation is 2. The zero-order valence-electron chi connectivity index (χ0n) is 11.5. The van der Waals surface area contributed by atoms with Gasteiger partial charge in [0.25, 0.3) is 0 Å². The number of aliphatic hydroxyl groups excluding tert-OH is 1. The molecule has 108 valence electrons. The highest BCUT2D eigenvalue weighted by Crippen LogP contribution is 2.25. The third-order valence-corrected chi connectivity index (χ3v) is 4.10. The lowest BCUT2D eigenvalue weighted by atomic mass is 10.1. The quantitative estimate of drug-likeness (QED) is 0.927. The minimum absolute atomic E-state index is 0.153. The van der Waals surface area contributed by atoms with Crippen molar-refractivity contribution in [3.8, 4) is 5.75 Å². The van der Waals surface area contributed by atoms with Crippen molar-refractivity contribution in [1.29, 1.82) is 0 Å². The molecular weight excluding hydrogens is 327 g/mol. The van der Waals surface area contributed by atoms with E-state index in [0.717, 1.165) is 15.9 Å². The fourth-order valence-corrected chi connectivity index (χ4v) is 2.33. The Morgan fingerprint density at radius 3 is 2.70 bits per heavy atom. The first-order valence-corrected chi connectivity index (χ1v) is 6.97. The van der Waals surface area contributed by atoms with Gasteiger partial charge in [-0.3, -0.25) is 4.68 Å². The Bertz CT molecular complexity index is 626. The molecule has 0 amide bonds. The Balaban J connectivity index is 2.15. The van der Waals surface area contributed by atoms with Gasteiger partial charge in [-0.05, 0) is 47.5 Å². The number of aromatic nitrogens is 2. The van der Waals surface area contributed by atoms with E-state index in [4.69, 9.17) is 4.74 Å². The Labute approximate surface area is 125 Å². The molecule has 0 aliphatic heterocycles. The first kappa shape index (κ1) is 15.0. The average molecular weight is 343 g/mol. The van der Waals surface area contributed by atoms with Crippen LogP contribution in [0.15, 0.2) is 22.7 Å². The molecule has 1 unspecified atom stereocenters. The molecule has 2 rings (SSSR count). The topological polar surface area (TPSA) is 47.3 Å². The summed E-state index contributed by atoms with van der Waals surface area (Å²) in [5.74, 6) is -0.335. The van der Waals surface area contributed by atoms with Crippen molar-refractivity contribution in [3.05, 3.63) is 45.4 Å². The molecular formula is C14H16BrFN2O2. The van der Waals surface area contributed by atoms with Crippen LogP contribution in [0.2, 0.25) is 0 Å². The van der Waals surface area contributed by atoms with Crippen LogP contribution < -0.4 is 4.74 Å². The molecule has 0 bridgehead atoms. The minimum Gasteiger partial charge on any atom is -0.484 e. The molecule has 1 heterocycles. The Hall–Kier alpha value is -1.40. The maximum Gasteiger partial charge on any atom is 0.165 e. The molecule has 0 spiro atoms. The SMILES string of the molecule is Cc1nn(C)c(COc2ccc(C(C)O)cc2F)c1Br. The molecule has 0 aliphatic carbocycles. The highest BCUT2D eigenvalue weighted by Gasteiger charge is 2.13. The van der Waals surface area contributed by atoms with Gasteiger partial charge in [-0.15, -0.1) is 0 Å². The fraction of sp³-hybridized carbons (Fsp3) is 0.357. The van der Waals surface area contributed by atoms with E-state index in [2.05, 4.69) is 21.0 Å². The molecule has 0 saturated carbocycles. The van der Waals surface area contributed by atoms with Crippen LogP contribution in [0.3, 0.4) is 0 Å². The molecule has 0 fully saturated rings. The lowest BCUT2D eigenvalue weighted by Crippen LogP contribution is -2.05. The summed E-state index contributed by atoms with van der Waals surface area (Å²) in [6, 6.07) is 4.45. The van der Waals surface area contributed by atoms with Gasteiger partial charge in [-0.2, -0.15) is 5.10 Å². The van der Waals surface area contributed by atoms with Crippen LogP contribution in [0.1, 0.15) is 30.0 Å². The lowest BCUT2D eigenvalue weighted by Gasteiger charge is -2.10. The van der Waals surface area contributed by atoms with Crippen molar-refractivity contribution in [3.63, 3.8) is 0 Å². The standard InChI is InChI=1S/C14H16BrFN2O2/c1-8-14(15)12(18(3)17-8)7-20-13-5-4-10(9(2)19)6-11(13)16/h4-6,9,19H,7H2,1-3H3. The van der Waals surface area contributed by atoms with Crippen LogP contribution in [0.25, 0.3) is 0 Å². The second-order valence-electron chi connectivity index (χ2n) is 4.62. The van der Waals surface area contributed by atoms with Crippen molar-refractivity contribution in [2.45, 2.75) is 26.6 Å². The van der Waals surface area contributed by atoms with Gasteiger partial charge in [0.2, 0.25) is 0 Å². The molecule has 2 aromatic rings. The predicted molar refractivity (Wildman–Crippen MR) is 77.0 cm³/mol. The van der Waals surface area contributed by atoms with E-state index in [1.807, 2.05) is 14.0 Å². The summed E-state index contributed by atoms with van der Waals surface area (Å²) in [5, 5.41) is 13.6. The minimum atomic E-state index is -0.701. The molecule has 4 nitrogen and oxygen atoms in total. The second kappa shape index (κ2) is 5.93. The van der Waals surface area contributed by atoms with Crippen molar-refractivity contribution in [1.82, 2.24) is 9.78 Å². The van der Waals surface area contributed by atoms with Crippen LogP contribution in [-0.2, 0) is 13.7 Å². The van der Waals surface area contributed by atoms with E-state index in [1.165, 1.54) is 12.1 Å². The van der Waals surface area contributed by atoms with Crippen molar-refractivity contribution in [2.24, 2.45) is 7.05 Å². The maximum atomic E-state index is 13.8. The van der Waals surface area contributed by atoms with Crippen LogP contribution in [-0.4, -0.2) is 14.9 Å². The molecule has 6 heteroatoms. The van der Waals surface area contributed by atoms with Crippen LogP contribution in [0.4, 0.5) is 4.39 Å². The van der Waals surface area contributed by atoms with E-state index >= 15 is 0 Å². The van der Waals surface area contributed by atoms with Gasteiger partial charge in [-0.25, -0.2) is 4.39 Å². The summed E-state index contributed by atoms with van der Waals surface area (Å²) in [7, 11) is 1.81. The number of ether oxygens (including phenoxy) is 1. The molecule has 20 heavy (non-hydrogen) atoms. The largest absolute Gasteiger partial charge is 0.484 e. The van der Waals surface area contributed by atoms with Crippen molar-refractivity contribution in [2.75, 3.05) is 0 Å². The zero-order chi connectivity index (χ0) is 14.9. The zero-order valence-corrected chi connectivity index (χ0v) is 13.1. The third-order valence-electron chi connectivity index (χ3n) is 3.06. The van der Waals surface area contributed by atoms with E-state index in [-0.39, 0.29) is 12.4 Å². The third kappa shape index (κ3) is 3.02. The first-order chi connectivity index (χ1) is 9.40. The van der Waals surface area contributed by atoms with Gasteiger partial charge in [0.15, 0.2) is 11.6 Å². The highest BCUT2D eigenvalue weighted by molar-refractivity contribution is 9.10. The van der Waals surface area contributed by atoms with Crippen molar-refractivity contribution >= 4 is 15.9 Å². The second-order valence-corrected chi connectivity index (χ2v) is 5.42. The predicted octanol–water partition coefficient (Wildman–Crippen LogP) is 3.26. The molecule has 1 N–H and O–H groups in total. The normalized spacial score (nSPS) is 12.5. The van der Waals surface area contributed by atoms with Crippen LogP contribution in [0, 0.1) is 12.7 Å². The summed E-state index contributed by atoms with van der Waals surface area (Å²) in [4.78, 5) is 0. The summed E-state index contributed by atoms with van der Waals surface area (Å²) in [6.45, 7) is 3.68. The number of nitrogens with zero attached hydrogens (tertiary/aromatic N) is 2. The lowest BCUT2D eigenvalue weighted by molar-refractivity contribution is 0.198. The van der Waals surface area contributed by atoms with Gasteiger partial charge >= 0.3 is 0 Å². The number of halogens is 2. The Morgan fingerprint density at radius 2 is 2.20 bits per heavy atom. The first-order valence-electron chi connectivity index (χ1n) is 6.18. The molecule has 0 radical (unpaired) electrons.